The molecule has 2 aromatic heterocycles. The minimum Gasteiger partial charge on any atom is -0.387 e. The van der Waals surface area contributed by atoms with Crippen molar-refractivity contribution in [2.24, 2.45) is 0 Å². The van der Waals surface area contributed by atoms with Crippen molar-refractivity contribution in [1.29, 1.82) is 0 Å². The lowest BCUT2D eigenvalue weighted by atomic mass is 10.1. The van der Waals surface area contributed by atoms with E-state index in [1.807, 2.05) is 31.2 Å². The normalized spacial score (nSPS) is 17.7. The lowest BCUT2D eigenvalue weighted by Gasteiger charge is -2.34. The zero-order chi connectivity index (χ0) is 18.4. The highest BCUT2D eigenvalue weighted by molar-refractivity contribution is 5.53. The molecule has 1 saturated heterocycles. The molecule has 2 aromatic rings. The number of nitrogens with zero attached hydrogens (tertiary/aromatic N) is 4. The Kier molecular flexibility index (Phi) is 6.13. The molecular formula is C19H27N5O2. The van der Waals surface area contributed by atoms with Crippen LogP contribution in [-0.2, 0) is 11.2 Å². The van der Waals surface area contributed by atoms with Gasteiger partial charge in [-0.25, -0.2) is 9.97 Å². The molecule has 3 heterocycles. The zero-order valence-corrected chi connectivity index (χ0v) is 15.5. The number of aryl methyl sites for hydroxylation is 1. The van der Waals surface area contributed by atoms with Gasteiger partial charge in [0, 0.05) is 44.1 Å². The van der Waals surface area contributed by atoms with Crippen LogP contribution in [0.4, 0.5) is 5.82 Å². The number of ether oxygens (including phenoxy) is 1. The average molecular weight is 357 g/mol. The van der Waals surface area contributed by atoms with Crippen molar-refractivity contribution >= 4 is 5.82 Å². The molecule has 3 rings (SSSR count). The summed E-state index contributed by atoms with van der Waals surface area (Å²) in [7, 11) is 0. The monoisotopic (exact) mass is 357 g/mol. The van der Waals surface area contributed by atoms with E-state index in [2.05, 4.69) is 32.1 Å². The van der Waals surface area contributed by atoms with Crippen LogP contribution in [0, 0.1) is 0 Å². The van der Waals surface area contributed by atoms with Crippen LogP contribution in [0.1, 0.15) is 19.5 Å². The SMILES string of the molecule is CCc1cc(NCC(C)(O)CN2CCOCC2)nc(-c2ccccn2)n1. The highest BCUT2D eigenvalue weighted by Crippen LogP contribution is 2.17. The van der Waals surface area contributed by atoms with Crippen LogP contribution < -0.4 is 5.32 Å². The summed E-state index contributed by atoms with van der Waals surface area (Å²) in [4.78, 5) is 15.7. The third-order valence-electron chi connectivity index (χ3n) is 4.35. The molecule has 26 heavy (non-hydrogen) atoms. The predicted molar refractivity (Wildman–Crippen MR) is 101 cm³/mol. The molecule has 1 unspecified atom stereocenters. The third-order valence-corrected chi connectivity index (χ3v) is 4.35. The van der Waals surface area contributed by atoms with Gasteiger partial charge in [-0.15, -0.1) is 0 Å². The Morgan fingerprint density at radius 1 is 1.27 bits per heavy atom. The van der Waals surface area contributed by atoms with E-state index < -0.39 is 5.60 Å². The molecule has 7 heteroatoms. The largest absolute Gasteiger partial charge is 0.387 e. The minimum absolute atomic E-state index is 0.409. The maximum Gasteiger partial charge on any atom is 0.180 e. The van der Waals surface area contributed by atoms with Crippen LogP contribution in [0.25, 0.3) is 11.5 Å². The summed E-state index contributed by atoms with van der Waals surface area (Å²) < 4.78 is 5.36. The van der Waals surface area contributed by atoms with Crippen molar-refractivity contribution in [3.05, 3.63) is 36.2 Å². The van der Waals surface area contributed by atoms with E-state index in [1.165, 1.54) is 0 Å². The lowest BCUT2D eigenvalue weighted by molar-refractivity contribution is -0.0164. The molecule has 1 fully saturated rings. The number of rotatable bonds is 7. The van der Waals surface area contributed by atoms with Crippen molar-refractivity contribution in [2.45, 2.75) is 25.9 Å². The Balaban J connectivity index is 1.68. The van der Waals surface area contributed by atoms with Crippen LogP contribution in [0.15, 0.2) is 30.5 Å². The van der Waals surface area contributed by atoms with Crippen molar-refractivity contribution in [1.82, 2.24) is 19.9 Å². The number of nitrogens with one attached hydrogen (secondary N) is 1. The van der Waals surface area contributed by atoms with Gasteiger partial charge in [0.25, 0.3) is 0 Å². The van der Waals surface area contributed by atoms with Crippen LogP contribution >= 0.6 is 0 Å². The van der Waals surface area contributed by atoms with Crippen molar-refractivity contribution < 1.29 is 9.84 Å². The molecule has 140 valence electrons. The van der Waals surface area contributed by atoms with Gasteiger partial charge in [-0.05, 0) is 25.5 Å². The molecule has 0 amide bonds. The molecule has 0 bridgehead atoms. The number of aromatic nitrogens is 3. The molecule has 0 aliphatic carbocycles. The summed E-state index contributed by atoms with van der Waals surface area (Å²) in [6.07, 6.45) is 2.54. The van der Waals surface area contributed by atoms with E-state index in [1.54, 1.807) is 6.20 Å². The van der Waals surface area contributed by atoms with E-state index in [4.69, 9.17) is 4.74 Å². The first kappa shape index (κ1) is 18.7. The quantitative estimate of drug-likeness (QED) is 0.779. The topological polar surface area (TPSA) is 83.4 Å². The number of pyridine rings is 1. The van der Waals surface area contributed by atoms with Gasteiger partial charge in [-0.3, -0.25) is 9.88 Å². The standard InChI is InChI=1S/C19H27N5O2/c1-3-15-12-17(23-18(22-15)16-6-4-5-7-20-16)21-13-19(2,25)14-24-8-10-26-11-9-24/h4-7,12,25H,3,8-11,13-14H2,1-2H3,(H,21,22,23). The van der Waals surface area contributed by atoms with Crippen molar-refractivity contribution in [3.63, 3.8) is 0 Å². The first-order chi connectivity index (χ1) is 12.6. The van der Waals surface area contributed by atoms with E-state index >= 15 is 0 Å². The maximum absolute atomic E-state index is 10.7. The zero-order valence-electron chi connectivity index (χ0n) is 15.5. The summed E-state index contributed by atoms with van der Waals surface area (Å²) in [6, 6.07) is 7.62. The van der Waals surface area contributed by atoms with E-state index in [-0.39, 0.29) is 0 Å². The first-order valence-electron chi connectivity index (χ1n) is 9.11. The molecule has 1 aliphatic heterocycles. The minimum atomic E-state index is -0.861. The second-order valence-electron chi connectivity index (χ2n) is 6.88. The summed E-state index contributed by atoms with van der Waals surface area (Å²) >= 11 is 0. The average Bonchev–Trinajstić information content (AvgIpc) is 2.67. The highest BCUT2D eigenvalue weighted by Gasteiger charge is 2.25. The van der Waals surface area contributed by atoms with Gasteiger partial charge in [0.2, 0.25) is 0 Å². The molecule has 7 nitrogen and oxygen atoms in total. The Bertz CT molecular complexity index is 702. The number of β-amino-alcohol motifs (C(OH)–C–C–N with tert-alkyl or cyclic N) is 1. The first-order valence-corrected chi connectivity index (χ1v) is 9.11. The van der Waals surface area contributed by atoms with Gasteiger partial charge >= 0.3 is 0 Å². The van der Waals surface area contributed by atoms with Crippen LogP contribution in [0.3, 0.4) is 0 Å². The number of morpholine rings is 1. The van der Waals surface area contributed by atoms with E-state index in [0.717, 1.165) is 44.1 Å². The number of aliphatic hydroxyl groups is 1. The second-order valence-corrected chi connectivity index (χ2v) is 6.88. The molecule has 0 radical (unpaired) electrons. The smallest absolute Gasteiger partial charge is 0.180 e. The molecule has 2 N–H and O–H groups in total. The summed E-state index contributed by atoms with van der Waals surface area (Å²) in [5, 5.41) is 14.0. The Morgan fingerprint density at radius 3 is 2.77 bits per heavy atom. The van der Waals surface area contributed by atoms with Gasteiger partial charge in [-0.1, -0.05) is 13.0 Å². The van der Waals surface area contributed by atoms with Gasteiger partial charge in [0.05, 0.1) is 18.8 Å². The Labute approximate surface area is 154 Å². The Hall–Kier alpha value is -2.09. The van der Waals surface area contributed by atoms with Gasteiger partial charge in [0.1, 0.15) is 11.5 Å². The molecule has 0 spiro atoms. The summed E-state index contributed by atoms with van der Waals surface area (Å²) in [5.74, 6) is 1.31. The maximum atomic E-state index is 10.7. The van der Waals surface area contributed by atoms with Crippen molar-refractivity contribution in [3.8, 4) is 11.5 Å². The molecule has 0 aromatic carbocycles. The molecular weight excluding hydrogens is 330 g/mol. The summed E-state index contributed by atoms with van der Waals surface area (Å²) in [5.41, 5.74) is 0.821. The third kappa shape index (κ3) is 5.20. The molecule has 1 atom stereocenters. The van der Waals surface area contributed by atoms with Crippen LogP contribution in [-0.4, -0.2) is 70.0 Å². The fraction of sp³-hybridized carbons (Fsp3) is 0.526. The van der Waals surface area contributed by atoms with Crippen LogP contribution in [0.5, 0.6) is 0 Å². The number of anilines is 1. The van der Waals surface area contributed by atoms with Crippen LogP contribution in [0.2, 0.25) is 0 Å². The fourth-order valence-corrected chi connectivity index (χ4v) is 2.96. The van der Waals surface area contributed by atoms with E-state index in [0.29, 0.717) is 24.7 Å². The predicted octanol–water partition coefficient (Wildman–Crippen LogP) is 1.60. The highest BCUT2D eigenvalue weighted by atomic mass is 16.5. The van der Waals surface area contributed by atoms with Crippen molar-refractivity contribution in [2.75, 3.05) is 44.7 Å². The Morgan fingerprint density at radius 2 is 2.08 bits per heavy atom. The number of hydrogen-bond acceptors (Lipinski definition) is 7. The second kappa shape index (κ2) is 8.53. The molecule has 1 aliphatic rings. The lowest BCUT2D eigenvalue weighted by Crippen LogP contribution is -2.49. The van der Waals surface area contributed by atoms with Gasteiger partial charge in [0.15, 0.2) is 5.82 Å². The van der Waals surface area contributed by atoms with Gasteiger partial charge in [-0.2, -0.15) is 0 Å². The summed E-state index contributed by atoms with van der Waals surface area (Å²) in [6.45, 7) is 8.07. The fourth-order valence-electron chi connectivity index (χ4n) is 2.96. The molecule has 0 saturated carbocycles. The van der Waals surface area contributed by atoms with E-state index in [9.17, 15) is 5.11 Å². The number of hydrogen-bond donors (Lipinski definition) is 2. The van der Waals surface area contributed by atoms with Gasteiger partial charge < -0.3 is 15.2 Å².